The second kappa shape index (κ2) is 6.18. The lowest BCUT2D eigenvalue weighted by Gasteiger charge is -2.34. The zero-order valence-electron chi connectivity index (χ0n) is 11.2. The van der Waals surface area contributed by atoms with E-state index in [4.69, 9.17) is 4.74 Å². The van der Waals surface area contributed by atoms with Gasteiger partial charge in [0.1, 0.15) is 0 Å². The van der Waals surface area contributed by atoms with Crippen molar-refractivity contribution >= 4 is 17.6 Å². The number of carbonyl (C=O) groups excluding carboxylic acids is 1. The number of amides is 1. The molecule has 1 aliphatic rings. The Bertz CT molecular complexity index is 500. The molecule has 1 saturated heterocycles. The second-order valence-electron chi connectivity index (χ2n) is 4.28. The first-order valence-electron chi connectivity index (χ1n) is 6.39. The SMILES string of the molecule is CCOC(=O)N1CCN(c2ncccc2[N+](=O)[O-])CC1. The van der Waals surface area contributed by atoms with E-state index in [2.05, 4.69) is 4.98 Å². The van der Waals surface area contributed by atoms with Gasteiger partial charge in [0.05, 0.1) is 11.5 Å². The third kappa shape index (κ3) is 2.95. The van der Waals surface area contributed by atoms with Gasteiger partial charge in [-0.05, 0) is 13.0 Å². The summed E-state index contributed by atoms with van der Waals surface area (Å²) in [6.07, 6.45) is 1.18. The summed E-state index contributed by atoms with van der Waals surface area (Å²) in [6.45, 7) is 4.02. The summed E-state index contributed by atoms with van der Waals surface area (Å²) >= 11 is 0. The van der Waals surface area contributed by atoms with E-state index >= 15 is 0 Å². The number of piperazine rings is 1. The maximum atomic E-state index is 11.6. The summed E-state index contributed by atoms with van der Waals surface area (Å²) in [7, 11) is 0. The molecule has 1 fully saturated rings. The first kappa shape index (κ1) is 14.0. The van der Waals surface area contributed by atoms with Crippen LogP contribution in [0.5, 0.6) is 0 Å². The van der Waals surface area contributed by atoms with Gasteiger partial charge in [0.2, 0.25) is 5.82 Å². The van der Waals surface area contributed by atoms with Crippen LogP contribution < -0.4 is 4.90 Å². The maximum Gasteiger partial charge on any atom is 0.409 e. The van der Waals surface area contributed by atoms with Gasteiger partial charge < -0.3 is 14.5 Å². The average Bonchev–Trinajstić information content (AvgIpc) is 2.47. The van der Waals surface area contributed by atoms with Crippen LogP contribution in [0.15, 0.2) is 18.3 Å². The summed E-state index contributed by atoms with van der Waals surface area (Å²) in [5.41, 5.74) is -0.0166. The highest BCUT2D eigenvalue weighted by molar-refractivity contribution is 5.68. The Hall–Kier alpha value is -2.38. The Morgan fingerprint density at radius 2 is 2.15 bits per heavy atom. The molecule has 0 aliphatic carbocycles. The third-order valence-electron chi connectivity index (χ3n) is 3.07. The van der Waals surface area contributed by atoms with Gasteiger partial charge in [-0.2, -0.15) is 0 Å². The minimum Gasteiger partial charge on any atom is -0.450 e. The summed E-state index contributed by atoms with van der Waals surface area (Å²) in [6, 6.07) is 2.97. The van der Waals surface area contributed by atoms with Crippen LogP contribution in [-0.4, -0.2) is 53.7 Å². The first-order chi connectivity index (χ1) is 9.63. The monoisotopic (exact) mass is 280 g/mol. The molecule has 2 heterocycles. The predicted molar refractivity (Wildman–Crippen MR) is 71.7 cm³/mol. The standard InChI is InChI=1S/C12H16N4O4/c1-2-20-12(17)15-8-6-14(7-9-15)11-10(16(18)19)4-3-5-13-11/h3-5H,2,6-9H2,1H3. The molecule has 0 aromatic carbocycles. The van der Waals surface area contributed by atoms with Crippen molar-refractivity contribution in [3.63, 3.8) is 0 Å². The number of hydrogen-bond donors (Lipinski definition) is 0. The zero-order chi connectivity index (χ0) is 14.5. The summed E-state index contributed by atoms with van der Waals surface area (Å²) in [4.78, 5) is 29.6. The Balaban J connectivity index is 2.04. The molecule has 0 spiro atoms. The van der Waals surface area contributed by atoms with Gasteiger partial charge >= 0.3 is 11.8 Å². The van der Waals surface area contributed by atoms with Crippen LogP contribution in [0.2, 0.25) is 0 Å². The number of aromatic nitrogens is 1. The van der Waals surface area contributed by atoms with Crippen molar-refractivity contribution in [2.75, 3.05) is 37.7 Å². The molecular formula is C12H16N4O4. The predicted octanol–water partition coefficient (Wildman–Crippen LogP) is 1.27. The molecule has 8 heteroatoms. The van der Waals surface area contributed by atoms with Gasteiger partial charge in [0.15, 0.2) is 0 Å². The van der Waals surface area contributed by atoms with Gasteiger partial charge in [0, 0.05) is 38.4 Å². The third-order valence-corrected chi connectivity index (χ3v) is 3.07. The molecule has 108 valence electrons. The molecule has 0 saturated carbocycles. The normalized spacial score (nSPS) is 15.1. The summed E-state index contributed by atoms with van der Waals surface area (Å²) < 4.78 is 4.93. The molecule has 2 rings (SSSR count). The van der Waals surface area contributed by atoms with Crippen molar-refractivity contribution in [2.45, 2.75) is 6.92 Å². The van der Waals surface area contributed by atoms with Crippen LogP contribution in [0.1, 0.15) is 6.92 Å². The van der Waals surface area contributed by atoms with Crippen LogP contribution in [0, 0.1) is 10.1 Å². The van der Waals surface area contributed by atoms with Gasteiger partial charge in [-0.25, -0.2) is 9.78 Å². The first-order valence-corrected chi connectivity index (χ1v) is 6.39. The molecule has 0 unspecified atom stereocenters. The highest BCUT2D eigenvalue weighted by Gasteiger charge is 2.26. The minimum absolute atomic E-state index is 0.0166. The molecular weight excluding hydrogens is 264 g/mol. The van der Waals surface area contributed by atoms with E-state index in [0.717, 1.165) is 0 Å². The average molecular weight is 280 g/mol. The topological polar surface area (TPSA) is 88.8 Å². The molecule has 0 N–H and O–H groups in total. The van der Waals surface area contributed by atoms with Crippen molar-refractivity contribution in [2.24, 2.45) is 0 Å². The molecule has 1 aromatic rings. The van der Waals surface area contributed by atoms with Crippen LogP contribution in [-0.2, 0) is 4.74 Å². The van der Waals surface area contributed by atoms with E-state index in [1.807, 2.05) is 4.90 Å². The number of ether oxygens (including phenoxy) is 1. The molecule has 8 nitrogen and oxygen atoms in total. The Morgan fingerprint density at radius 1 is 1.45 bits per heavy atom. The van der Waals surface area contributed by atoms with E-state index in [9.17, 15) is 14.9 Å². The summed E-state index contributed by atoms with van der Waals surface area (Å²) in [5, 5.41) is 11.0. The summed E-state index contributed by atoms with van der Waals surface area (Å²) in [5.74, 6) is 0.348. The highest BCUT2D eigenvalue weighted by Crippen LogP contribution is 2.25. The van der Waals surface area contributed by atoms with Crippen molar-refractivity contribution in [3.8, 4) is 0 Å². The molecule has 0 atom stereocenters. The second-order valence-corrected chi connectivity index (χ2v) is 4.28. The van der Waals surface area contributed by atoms with Gasteiger partial charge in [-0.3, -0.25) is 10.1 Å². The van der Waals surface area contributed by atoms with E-state index in [1.165, 1.54) is 18.3 Å². The van der Waals surface area contributed by atoms with Crippen molar-refractivity contribution in [3.05, 3.63) is 28.4 Å². The number of anilines is 1. The fraction of sp³-hybridized carbons (Fsp3) is 0.500. The highest BCUT2D eigenvalue weighted by atomic mass is 16.6. The molecule has 1 amide bonds. The Morgan fingerprint density at radius 3 is 2.75 bits per heavy atom. The van der Waals surface area contributed by atoms with Gasteiger partial charge in [-0.15, -0.1) is 0 Å². The van der Waals surface area contributed by atoms with E-state index in [0.29, 0.717) is 38.6 Å². The van der Waals surface area contributed by atoms with Gasteiger partial charge in [-0.1, -0.05) is 0 Å². The Kier molecular flexibility index (Phi) is 4.34. The lowest BCUT2D eigenvalue weighted by Crippen LogP contribution is -2.49. The van der Waals surface area contributed by atoms with E-state index in [-0.39, 0.29) is 11.8 Å². The number of nitrogens with zero attached hydrogens (tertiary/aromatic N) is 4. The Labute approximate surface area is 116 Å². The number of pyridine rings is 1. The quantitative estimate of drug-likeness (QED) is 0.612. The number of nitro groups is 1. The van der Waals surface area contributed by atoms with Crippen LogP contribution >= 0.6 is 0 Å². The number of rotatable bonds is 3. The lowest BCUT2D eigenvalue weighted by molar-refractivity contribution is -0.384. The van der Waals surface area contributed by atoms with Crippen LogP contribution in [0.3, 0.4) is 0 Å². The largest absolute Gasteiger partial charge is 0.450 e. The zero-order valence-corrected chi connectivity index (χ0v) is 11.2. The molecule has 1 aromatic heterocycles. The molecule has 0 radical (unpaired) electrons. The fourth-order valence-electron chi connectivity index (χ4n) is 2.09. The molecule has 0 bridgehead atoms. The molecule has 1 aliphatic heterocycles. The minimum atomic E-state index is -0.444. The maximum absolute atomic E-state index is 11.6. The van der Waals surface area contributed by atoms with E-state index < -0.39 is 4.92 Å². The van der Waals surface area contributed by atoms with Crippen molar-refractivity contribution < 1.29 is 14.5 Å². The van der Waals surface area contributed by atoms with Crippen molar-refractivity contribution in [1.29, 1.82) is 0 Å². The van der Waals surface area contributed by atoms with Crippen LogP contribution in [0.25, 0.3) is 0 Å². The molecule has 20 heavy (non-hydrogen) atoms. The fourth-order valence-corrected chi connectivity index (χ4v) is 2.09. The number of carbonyl (C=O) groups is 1. The van der Waals surface area contributed by atoms with Gasteiger partial charge in [0.25, 0.3) is 0 Å². The number of hydrogen-bond acceptors (Lipinski definition) is 6. The van der Waals surface area contributed by atoms with Crippen LogP contribution in [0.4, 0.5) is 16.3 Å². The lowest BCUT2D eigenvalue weighted by atomic mass is 10.3. The smallest absolute Gasteiger partial charge is 0.409 e. The van der Waals surface area contributed by atoms with Crippen molar-refractivity contribution in [1.82, 2.24) is 9.88 Å². The van der Waals surface area contributed by atoms with E-state index in [1.54, 1.807) is 11.8 Å².